The monoisotopic (exact) mass is 253 g/mol. The second-order valence-corrected chi connectivity index (χ2v) is 5.92. The van der Waals surface area contributed by atoms with Gasteiger partial charge in [-0.25, -0.2) is 0 Å². The van der Waals surface area contributed by atoms with E-state index in [2.05, 4.69) is 4.90 Å². The zero-order valence-corrected chi connectivity index (χ0v) is 11.0. The molecule has 1 aliphatic heterocycles. The molecule has 3 nitrogen and oxygen atoms in total. The molecule has 0 saturated carbocycles. The Balaban J connectivity index is 1.97. The van der Waals surface area contributed by atoms with Crippen LogP contribution in [0.4, 0.5) is 0 Å². The molecule has 1 fully saturated rings. The molecule has 0 aliphatic carbocycles. The molecule has 1 aliphatic rings. The van der Waals surface area contributed by atoms with E-state index in [-0.39, 0.29) is 18.4 Å². The number of hydrogen-bond acceptors (Lipinski definition) is 4. The third-order valence-electron chi connectivity index (χ3n) is 3.32. The van der Waals surface area contributed by atoms with Gasteiger partial charge in [-0.3, -0.25) is 9.69 Å². The van der Waals surface area contributed by atoms with E-state index in [9.17, 15) is 9.90 Å². The maximum atomic E-state index is 12.1. The molecule has 2 rings (SSSR count). The summed E-state index contributed by atoms with van der Waals surface area (Å²) in [6.07, 6.45) is 3.30. The fraction of sp³-hybridized carbons (Fsp3) is 0.615. The van der Waals surface area contributed by atoms with E-state index in [1.165, 1.54) is 4.88 Å². The Morgan fingerprint density at radius 2 is 2.35 bits per heavy atom. The van der Waals surface area contributed by atoms with Crippen molar-refractivity contribution in [2.45, 2.75) is 32.2 Å². The number of aliphatic hydroxyl groups excluding tert-OH is 1. The predicted octanol–water partition coefficient (Wildman–Crippen LogP) is 2.09. The lowest BCUT2D eigenvalue weighted by Crippen LogP contribution is -2.44. The van der Waals surface area contributed by atoms with Crippen LogP contribution in [-0.4, -0.2) is 41.5 Å². The smallest absolute Gasteiger partial charge is 0.186 e. The first-order valence-electron chi connectivity index (χ1n) is 6.15. The van der Waals surface area contributed by atoms with Crippen LogP contribution in [0.25, 0.3) is 0 Å². The van der Waals surface area contributed by atoms with Crippen LogP contribution < -0.4 is 0 Å². The highest BCUT2D eigenvalue weighted by Crippen LogP contribution is 2.20. The standard InChI is InChI=1S/C13H19NO2S/c1-10-5-6-13(17-10)12(16)8-14-7-3-2-4-11(14)9-15/h5-6,11,15H,2-4,7-9H2,1H3. The molecule has 1 aromatic heterocycles. The second-order valence-electron chi connectivity index (χ2n) is 4.64. The third-order valence-corrected chi connectivity index (χ3v) is 4.36. The molecule has 1 saturated heterocycles. The Hall–Kier alpha value is -0.710. The number of carbonyl (C=O) groups excluding carboxylic acids is 1. The minimum atomic E-state index is 0.163. The van der Waals surface area contributed by atoms with Crippen LogP contribution in [0.1, 0.15) is 33.8 Å². The summed E-state index contributed by atoms with van der Waals surface area (Å²) in [5, 5.41) is 9.30. The van der Waals surface area contributed by atoms with Crippen molar-refractivity contribution in [1.29, 1.82) is 0 Å². The number of thiophene rings is 1. The van der Waals surface area contributed by atoms with Gasteiger partial charge in [0, 0.05) is 10.9 Å². The summed E-state index contributed by atoms with van der Waals surface area (Å²) >= 11 is 1.55. The predicted molar refractivity (Wildman–Crippen MR) is 69.7 cm³/mol. The number of hydrogen-bond donors (Lipinski definition) is 1. The highest BCUT2D eigenvalue weighted by atomic mass is 32.1. The normalized spacial score (nSPS) is 21.6. The Morgan fingerprint density at radius 3 is 3.00 bits per heavy atom. The van der Waals surface area contributed by atoms with E-state index in [1.807, 2.05) is 19.1 Å². The van der Waals surface area contributed by atoms with Crippen LogP contribution in [-0.2, 0) is 0 Å². The van der Waals surface area contributed by atoms with Crippen molar-refractivity contribution >= 4 is 17.1 Å². The van der Waals surface area contributed by atoms with Gasteiger partial charge in [-0.05, 0) is 38.4 Å². The Morgan fingerprint density at radius 1 is 1.53 bits per heavy atom. The minimum absolute atomic E-state index is 0.163. The zero-order valence-electron chi connectivity index (χ0n) is 10.2. The number of piperidine rings is 1. The number of carbonyl (C=O) groups is 1. The summed E-state index contributed by atoms with van der Waals surface area (Å²) in [6, 6.07) is 4.06. The molecule has 1 unspecified atom stereocenters. The molecule has 17 heavy (non-hydrogen) atoms. The van der Waals surface area contributed by atoms with Gasteiger partial charge in [-0.2, -0.15) is 0 Å². The molecule has 0 spiro atoms. The topological polar surface area (TPSA) is 40.5 Å². The number of likely N-dealkylation sites (tertiary alicyclic amines) is 1. The van der Waals surface area contributed by atoms with Crippen molar-refractivity contribution < 1.29 is 9.90 Å². The first-order valence-corrected chi connectivity index (χ1v) is 6.97. The largest absolute Gasteiger partial charge is 0.395 e. The van der Waals surface area contributed by atoms with Crippen molar-refractivity contribution in [3.8, 4) is 0 Å². The summed E-state index contributed by atoms with van der Waals surface area (Å²) in [7, 11) is 0. The quantitative estimate of drug-likeness (QED) is 0.835. The van der Waals surface area contributed by atoms with Crippen molar-refractivity contribution in [2.75, 3.05) is 19.7 Å². The van der Waals surface area contributed by atoms with Gasteiger partial charge in [-0.1, -0.05) is 6.42 Å². The molecular formula is C13H19NO2S. The molecule has 0 radical (unpaired) electrons. The lowest BCUT2D eigenvalue weighted by Gasteiger charge is -2.33. The van der Waals surface area contributed by atoms with Crippen molar-refractivity contribution in [3.63, 3.8) is 0 Å². The third kappa shape index (κ3) is 3.15. The van der Waals surface area contributed by atoms with E-state index in [0.717, 1.165) is 30.7 Å². The number of rotatable bonds is 4. The molecular weight excluding hydrogens is 234 g/mol. The summed E-state index contributed by atoms with van der Waals surface area (Å²) in [5.74, 6) is 0.184. The molecule has 94 valence electrons. The SMILES string of the molecule is Cc1ccc(C(=O)CN2CCCCC2CO)s1. The van der Waals surface area contributed by atoms with Gasteiger partial charge < -0.3 is 5.11 Å². The average Bonchev–Trinajstić information content (AvgIpc) is 2.77. The number of Topliss-reactive ketones (excluding diaryl/α,β-unsaturated/α-hetero) is 1. The second kappa shape index (κ2) is 5.76. The fourth-order valence-corrected chi connectivity index (χ4v) is 3.12. The van der Waals surface area contributed by atoms with Crippen molar-refractivity contribution in [2.24, 2.45) is 0 Å². The molecule has 1 aromatic rings. The van der Waals surface area contributed by atoms with Gasteiger partial charge in [0.25, 0.3) is 0 Å². The van der Waals surface area contributed by atoms with Gasteiger partial charge in [0.1, 0.15) is 0 Å². The molecule has 0 aromatic carbocycles. The van der Waals surface area contributed by atoms with Gasteiger partial charge >= 0.3 is 0 Å². The van der Waals surface area contributed by atoms with Crippen LogP contribution in [0, 0.1) is 6.92 Å². The molecule has 1 atom stereocenters. The molecule has 4 heteroatoms. The summed E-state index contributed by atoms with van der Waals surface area (Å²) in [6.45, 7) is 3.56. The number of aliphatic hydroxyl groups is 1. The van der Waals surface area contributed by atoms with E-state index >= 15 is 0 Å². The Kier molecular flexibility index (Phi) is 4.31. The van der Waals surface area contributed by atoms with Crippen LogP contribution in [0.15, 0.2) is 12.1 Å². The lowest BCUT2D eigenvalue weighted by atomic mass is 10.0. The summed E-state index contributed by atoms with van der Waals surface area (Å²) in [5.41, 5.74) is 0. The van der Waals surface area contributed by atoms with E-state index in [0.29, 0.717) is 6.54 Å². The highest BCUT2D eigenvalue weighted by molar-refractivity contribution is 7.14. The fourth-order valence-electron chi connectivity index (χ4n) is 2.32. The Bertz CT molecular complexity index is 389. The van der Waals surface area contributed by atoms with E-state index in [1.54, 1.807) is 11.3 Å². The van der Waals surface area contributed by atoms with Gasteiger partial charge in [-0.15, -0.1) is 11.3 Å². The highest BCUT2D eigenvalue weighted by Gasteiger charge is 2.24. The maximum absolute atomic E-state index is 12.1. The molecule has 0 bridgehead atoms. The van der Waals surface area contributed by atoms with Gasteiger partial charge in [0.15, 0.2) is 5.78 Å². The first kappa shape index (κ1) is 12.7. The average molecular weight is 253 g/mol. The molecule has 2 heterocycles. The maximum Gasteiger partial charge on any atom is 0.186 e. The number of nitrogens with zero attached hydrogens (tertiary/aromatic N) is 1. The summed E-state index contributed by atoms with van der Waals surface area (Å²) in [4.78, 5) is 16.2. The molecule has 0 amide bonds. The van der Waals surface area contributed by atoms with E-state index in [4.69, 9.17) is 0 Å². The van der Waals surface area contributed by atoms with Crippen LogP contribution >= 0.6 is 11.3 Å². The van der Waals surface area contributed by atoms with Crippen LogP contribution in [0.2, 0.25) is 0 Å². The first-order chi connectivity index (χ1) is 8.20. The summed E-state index contributed by atoms with van der Waals surface area (Å²) < 4.78 is 0. The van der Waals surface area contributed by atoms with Crippen molar-refractivity contribution in [1.82, 2.24) is 4.90 Å². The molecule has 1 N–H and O–H groups in total. The van der Waals surface area contributed by atoms with Gasteiger partial charge in [0.05, 0.1) is 18.0 Å². The Labute approximate surface area is 106 Å². The number of aryl methyl sites for hydroxylation is 1. The van der Waals surface area contributed by atoms with Crippen LogP contribution in [0.3, 0.4) is 0 Å². The van der Waals surface area contributed by atoms with Crippen LogP contribution in [0.5, 0.6) is 0 Å². The minimum Gasteiger partial charge on any atom is -0.395 e. The lowest BCUT2D eigenvalue weighted by molar-refractivity contribution is 0.0714. The number of ketones is 1. The zero-order chi connectivity index (χ0) is 12.3. The van der Waals surface area contributed by atoms with Crippen molar-refractivity contribution in [3.05, 3.63) is 21.9 Å². The van der Waals surface area contributed by atoms with E-state index < -0.39 is 0 Å². The van der Waals surface area contributed by atoms with Gasteiger partial charge in [0.2, 0.25) is 0 Å².